The summed E-state index contributed by atoms with van der Waals surface area (Å²) >= 11 is 0. The number of hydrogen-bond donors (Lipinski definition) is 1. The third-order valence-electron chi connectivity index (χ3n) is 1.88. The Kier molecular flexibility index (Phi) is 4.28. The molecule has 2 heterocycles. The highest BCUT2D eigenvalue weighted by Gasteiger charge is 2.38. The molecule has 92 valence electrons. The SMILES string of the molecule is CCC.FC(F)(F)c1nnc2n1CCNC2. The third kappa shape index (κ3) is 2.94. The summed E-state index contributed by atoms with van der Waals surface area (Å²) in [5.41, 5.74) is 0. The summed E-state index contributed by atoms with van der Waals surface area (Å²) in [5.74, 6) is -0.553. The highest BCUT2D eigenvalue weighted by atomic mass is 19.4. The summed E-state index contributed by atoms with van der Waals surface area (Å²) in [6, 6.07) is 0. The molecule has 7 heteroatoms. The Hall–Kier alpha value is -1.11. The number of hydrogen-bond acceptors (Lipinski definition) is 3. The van der Waals surface area contributed by atoms with E-state index in [0.717, 1.165) is 4.57 Å². The Balaban J connectivity index is 0.000000386. The monoisotopic (exact) mass is 236 g/mol. The Morgan fingerprint density at radius 3 is 2.50 bits per heavy atom. The summed E-state index contributed by atoms with van der Waals surface area (Å²) in [6.07, 6.45) is -3.15. The molecule has 0 saturated carbocycles. The van der Waals surface area contributed by atoms with Crippen LogP contribution < -0.4 is 5.32 Å². The maximum absolute atomic E-state index is 12.3. The average Bonchev–Trinajstić information content (AvgIpc) is 2.61. The van der Waals surface area contributed by atoms with E-state index in [1.807, 2.05) is 0 Å². The quantitative estimate of drug-likeness (QED) is 0.747. The number of aromatic nitrogens is 3. The number of fused-ring (bicyclic) bond motifs is 1. The smallest absolute Gasteiger partial charge is 0.308 e. The molecule has 0 aliphatic carbocycles. The number of nitrogens with one attached hydrogen (secondary N) is 1. The fourth-order valence-electron chi connectivity index (χ4n) is 1.30. The molecule has 1 N–H and O–H groups in total. The van der Waals surface area contributed by atoms with E-state index in [4.69, 9.17) is 0 Å². The predicted octanol–water partition coefficient (Wildman–Crippen LogP) is 1.82. The zero-order chi connectivity index (χ0) is 12.2. The molecule has 1 aromatic heterocycles. The lowest BCUT2D eigenvalue weighted by Crippen LogP contribution is -2.30. The van der Waals surface area contributed by atoms with Crippen molar-refractivity contribution < 1.29 is 13.2 Å². The minimum atomic E-state index is -4.40. The molecular formula is C9H15F3N4. The molecule has 0 saturated heterocycles. The molecule has 1 aliphatic heterocycles. The molecule has 1 aliphatic rings. The van der Waals surface area contributed by atoms with E-state index in [-0.39, 0.29) is 6.54 Å². The summed E-state index contributed by atoms with van der Waals surface area (Å²) in [6.45, 7) is 5.40. The van der Waals surface area contributed by atoms with Gasteiger partial charge in [-0.3, -0.25) is 0 Å². The van der Waals surface area contributed by atoms with Crippen LogP contribution in [0.5, 0.6) is 0 Å². The van der Waals surface area contributed by atoms with Crippen molar-refractivity contribution in [3.63, 3.8) is 0 Å². The van der Waals surface area contributed by atoms with Gasteiger partial charge in [0, 0.05) is 13.1 Å². The van der Waals surface area contributed by atoms with Crippen LogP contribution in [0.1, 0.15) is 31.9 Å². The van der Waals surface area contributed by atoms with Crippen LogP contribution in [0, 0.1) is 0 Å². The summed E-state index contributed by atoms with van der Waals surface area (Å²) in [4.78, 5) is 0. The maximum atomic E-state index is 12.3. The van der Waals surface area contributed by atoms with Gasteiger partial charge in [0.25, 0.3) is 0 Å². The van der Waals surface area contributed by atoms with Gasteiger partial charge in [0.05, 0.1) is 6.54 Å². The largest absolute Gasteiger partial charge is 0.451 e. The number of nitrogens with zero attached hydrogens (tertiary/aromatic N) is 3. The fourth-order valence-corrected chi connectivity index (χ4v) is 1.30. The molecule has 0 spiro atoms. The first-order valence-corrected chi connectivity index (χ1v) is 5.20. The molecule has 0 amide bonds. The highest BCUT2D eigenvalue weighted by Crippen LogP contribution is 2.28. The molecule has 0 aromatic carbocycles. The molecule has 16 heavy (non-hydrogen) atoms. The Morgan fingerprint density at radius 1 is 1.31 bits per heavy atom. The zero-order valence-electron chi connectivity index (χ0n) is 9.30. The van der Waals surface area contributed by atoms with Crippen LogP contribution in [0.3, 0.4) is 0 Å². The second-order valence-corrected chi connectivity index (χ2v) is 3.47. The molecule has 4 nitrogen and oxygen atoms in total. The molecule has 0 bridgehead atoms. The molecule has 0 unspecified atom stereocenters. The van der Waals surface area contributed by atoms with E-state index in [2.05, 4.69) is 29.4 Å². The topological polar surface area (TPSA) is 42.7 Å². The van der Waals surface area contributed by atoms with Gasteiger partial charge in [-0.05, 0) is 0 Å². The molecule has 1 aromatic rings. The van der Waals surface area contributed by atoms with Crippen molar-refractivity contribution in [1.82, 2.24) is 20.1 Å². The number of alkyl halides is 3. The Morgan fingerprint density at radius 2 is 1.94 bits per heavy atom. The van der Waals surface area contributed by atoms with Crippen molar-refractivity contribution in [1.29, 1.82) is 0 Å². The van der Waals surface area contributed by atoms with Crippen LogP contribution in [0.25, 0.3) is 0 Å². The van der Waals surface area contributed by atoms with Gasteiger partial charge in [-0.1, -0.05) is 20.3 Å². The fraction of sp³-hybridized carbons (Fsp3) is 0.778. The van der Waals surface area contributed by atoms with Gasteiger partial charge in [0.1, 0.15) is 5.82 Å². The van der Waals surface area contributed by atoms with Crippen molar-refractivity contribution in [3.05, 3.63) is 11.6 Å². The standard InChI is InChI=1S/C6H7F3N4.C3H8/c7-6(8,9)5-12-11-4-3-10-1-2-13(4)5;1-3-2/h10H,1-3H2;3H2,1-2H3. The lowest BCUT2D eigenvalue weighted by atomic mass is 10.4. The van der Waals surface area contributed by atoms with Gasteiger partial charge in [0.2, 0.25) is 5.82 Å². The van der Waals surface area contributed by atoms with E-state index in [9.17, 15) is 13.2 Å². The zero-order valence-corrected chi connectivity index (χ0v) is 9.30. The van der Waals surface area contributed by atoms with Crippen LogP contribution in [0.15, 0.2) is 0 Å². The molecule has 2 rings (SSSR count). The molecular weight excluding hydrogens is 221 g/mol. The van der Waals surface area contributed by atoms with E-state index in [0.29, 0.717) is 18.9 Å². The highest BCUT2D eigenvalue weighted by molar-refractivity contribution is 5.01. The summed E-state index contributed by atoms with van der Waals surface area (Å²) < 4.78 is 37.9. The van der Waals surface area contributed by atoms with Crippen LogP contribution in [0.2, 0.25) is 0 Å². The Labute approximate surface area is 91.9 Å². The molecule has 0 atom stereocenters. The van der Waals surface area contributed by atoms with Gasteiger partial charge >= 0.3 is 6.18 Å². The first kappa shape index (κ1) is 13.0. The van der Waals surface area contributed by atoms with Crippen molar-refractivity contribution in [2.45, 2.75) is 39.5 Å². The van der Waals surface area contributed by atoms with Crippen LogP contribution in [-0.4, -0.2) is 21.3 Å². The lowest BCUT2D eigenvalue weighted by molar-refractivity contribution is -0.147. The van der Waals surface area contributed by atoms with E-state index in [1.54, 1.807) is 0 Å². The maximum Gasteiger partial charge on any atom is 0.451 e. The van der Waals surface area contributed by atoms with Crippen molar-refractivity contribution >= 4 is 0 Å². The lowest BCUT2D eigenvalue weighted by Gasteiger charge is -2.16. The van der Waals surface area contributed by atoms with Gasteiger partial charge < -0.3 is 9.88 Å². The van der Waals surface area contributed by atoms with E-state index >= 15 is 0 Å². The number of halogens is 3. The van der Waals surface area contributed by atoms with Gasteiger partial charge in [-0.15, -0.1) is 10.2 Å². The van der Waals surface area contributed by atoms with Crippen molar-refractivity contribution in [2.75, 3.05) is 6.54 Å². The van der Waals surface area contributed by atoms with Gasteiger partial charge in [-0.2, -0.15) is 13.2 Å². The van der Waals surface area contributed by atoms with Crippen molar-refractivity contribution in [2.24, 2.45) is 0 Å². The van der Waals surface area contributed by atoms with E-state index < -0.39 is 12.0 Å². The second kappa shape index (κ2) is 5.29. The van der Waals surface area contributed by atoms with Crippen LogP contribution in [0.4, 0.5) is 13.2 Å². The minimum absolute atomic E-state index is 0.275. The molecule has 0 fully saturated rings. The van der Waals surface area contributed by atoms with Crippen LogP contribution in [-0.2, 0) is 19.3 Å². The predicted molar refractivity (Wildman–Crippen MR) is 52.7 cm³/mol. The summed E-state index contributed by atoms with van der Waals surface area (Å²) in [7, 11) is 0. The minimum Gasteiger partial charge on any atom is -0.308 e. The summed E-state index contributed by atoms with van der Waals surface area (Å²) in [5, 5.41) is 9.49. The first-order chi connectivity index (χ1) is 7.50. The second-order valence-electron chi connectivity index (χ2n) is 3.47. The normalized spacial score (nSPS) is 15.1. The van der Waals surface area contributed by atoms with Gasteiger partial charge in [0.15, 0.2) is 0 Å². The molecule has 0 radical (unpaired) electrons. The van der Waals surface area contributed by atoms with E-state index in [1.165, 1.54) is 6.42 Å². The number of rotatable bonds is 0. The van der Waals surface area contributed by atoms with Crippen molar-refractivity contribution in [3.8, 4) is 0 Å². The van der Waals surface area contributed by atoms with Crippen LogP contribution >= 0.6 is 0 Å². The average molecular weight is 236 g/mol. The van der Waals surface area contributed by atoms with Gasteiger partial charge in [-0.25, -0.2) is 0 Å². The third-order valence-corrected chi connectivity index (χ3v) is 1.88. The first-order valence-electron chi connectivity index (χ1n) is 5.20. The Bertz CT molecular complexity index is 332.